The molecule has 1 aliphatic heterocycles. The van der Waals surface area contributed by atoms with E-state index in [9.17, 15) is 9.59 Å². The number of carbonyl (C=O) groups excluding carboxylic acids is 2. The molecular weight excluding hydrogens is 476 g/mol. The van der Waals surface area contributed by atoms with Gasteiger partial charge in [0.2, 0.25) is 23.7 Å². The molecule has 2 heterocycles. The van der Waals surface area contributed by atoms with E-state index in [0.29, 0.717) is 34.5 Å². The Bertz CT molecular complexity index is 1210. The lowest BCUT2D eigenvalue weighted by molar-refractivity contribution is -0.127. The standard InChI is InChI=1S/C27H32N4O4S/c1-17(15-27(2,3)4)12-23(32)28-20(13-18-8-6-5-7-9-18)24(33)29-26-31-30-25(36-26)19-10-11-21-22(14-19)35-16-34-21/h5-11,14,17,20H,12-13,15-16H2,1-4H3,(H,28,32)(H,29,31,33). The maximum absolute atomic E-state index is 13.2. The van der Waals surface area contributed by atoms with Gasteiger partial charge in [-0.3, -0.25) is 14.9 Å². The molecule has 36 heavy (non-hydrogen) atoms. The first-order valence-corrected chi connectivity index (χ1v) is 12.9. The van der Waals surface area contributed by atoms with Crippen molar-refractivity contribution >= 4 is 28.3 Å². The predicted molar refractivity (Wildman–Crippen MR) is 140 cm³/mol. The fraction of sp³-hybridized carbons (Fsp3) is 0.407. The van der Waals surface area contributed by atoms with Gasteiger partial charge in [-0.25, -0.2) is 0 Å². The van der Waals surface area contributed by atoms with E-state index in [1.54, 1.807) is 0 Å². The van der Waals surface area contributed by atoms with Gasteiger partial charge in [-0.15, -0.1) is 10.2 Å². The van der Waals surface area contributed by atoms with E-state index in [1.165, 1.54) is 11.3 Å². The van der Waals surface area contributed by atoms with Crippen molar-refractivity contribution in [2.24, 2.45) is 11.3 Å². The quantitative estimate of drug-likeness (QED) is 0.419. The number of hydrogen-bond donors (Lipinski definition) is 2. The van der Waals surface area contributed by atoms with Crippen molar-refractivity contribution in [1.82, 2.24) is 15.5 Å². The van der Waals surface area contributed by atoms with Gasteiger partial charge in [0, 0.05) is 18.4 Å². The van der Waals surface area contributed by atoms with E-state index in [0.717, 1.165) is 17.5 Å². The molecule has 0 aliphatic carbocycles. The fourth-order valence-electron chi connectivity index (χ4n) is 4.36. The summed E-state index contributed by atoms with van der Waals surface area (Å²) in [6.07, 6.45) is 1.66. The molecule has 0 bridgehead atoms. The van der Waals surface area contributed by atoms with Crippen molar-refractivity contribution in [2.45, 2.75) is 53.0 Å². The summed E-state index contributed by atoms with van der Waals surface area (Å²) in [6.45, 7) is 8.74. The number of nitrogens with zero attached hydrogens (tertiary/aromatic N) is 2. The molecule has 0 saturated heterocycles. The summed E-state index contributed by atoms with van der Waals surface area (Å²) in [5, 5.41) is 15.1. The highest BCUT2D eigenvalue weighted by atomic mass is 32.1. The highest BCUT2D eigenvalue weighted by Gasteiger charge is 2.25. The van der Waals surface area contributed by atoms with Crippen LogP contribution in [0.15, 0.2) is 48.5 Å². The lowest BCUT2D eigenvalue weighted by atomic mass is 9.84. The Hall–Kier alpha value is -3.46. The molecule has 0 radical (unpaired) electrons. The summed E-state index contributed by atoms with van der Waals surface area (Å²) in [4.78, 5) is 26.1. The zero-order valence-corrected chi connectivity index (χ0v) is 21.9. The van der Waals surface area contributed by atoms with Crippen LogP contribution in [0.4, 0.5) is 5.13 Å². The normalized spacial score (nSPS) is 14.2. The van der Waals surface area contributed by atoms with Crippen molar-refractivity contribution < 1.29 is 19.1 Å². The van der Waals surface area contributed by atoms with Crippen molar-refractivity contribution in [1.29, 1.82) is 0 Å². The van der Waals surface area contributed by atoms with Crippen LogP contribution < -0.4 is 20.1 Å². The number of amides is 2. The second-order valence-corrected chi connectivity index (χ2v) is 11.3. The van der Waals surface area contributed by atoms with Crippen LogP contribution in [0.5, 0.6) is 11.5 Å². The average Bonchev–Trinajstić information content (AvgIpc) is 3.46. The number of aromatic nitrogens is 2. The monoisotopic (exact) mass is 508 g/mol. The highest BCUT2D eigenvalue weighted by Crippen LogP contribution is 2.37. The smallest absolute Gasteiger partial charge is 0.249 e. The third kappa shape index (κ3) is 7.04. The van der Waals surface area contributed by atoms with Crippen LogP contribution in [0.1, 0.15) is 46.1 Å². The van der Waals surface area contributed by atoms with Crippen LogP contribution in [0.2, 0.25) is 0 Å². The van der Waals surface area contributed by atoms with Gasteiger partial charge in [-0.2, -0.15) is 0 Å². The van der Waals surface area contributed by atoms with Gasteiger partial charge in [0.1, 0.15) is 11.0 Å². The molecule has 9 heteroatoms. The molecular formula is C27H32N4O4S. The topological polar surface area (TPSA) is 102 Å². The maximum atomic E-state index is 13.2. The molecule has 2 atom stereocenters. The Balaban J connectivity index is 1.44. The Kier molecular flexibility index (Phi) is 7.88. The van der Waals surface area contributed by atoms with E-state index in [2.05, 4.69) is 48.5 Å². The Morgan fingerprint density at radius 1 is 1.06 bits per heavy atom. The Labute approximate surface area is 215 Å². The largest absolute Gasteiger partial charge is 0.454 e. The van der Waals surface area contributed by atoms with E-state index in [1.807, 2.05) is 48.5 Å². The minimum Gasteiger partial charge on any atom is -0.454 e. The molecule has 8 nitrogen and oxygen atoms in total. The first-order valence-electron chi connectivity index (χ1n) is 12.0. The number of fused-ring (bicyclic) bond motifs is 1. The first-order chi connectivity index (χ1) is 17.2. The van der Waals surface area contributed by atoms with Gasteiger partial charge in [0.25, 0.3) is 0 Å². The average molecular weight is 509 g/mol. The molecule has 3 aromatic rings. The van der Waals surface area contributed by atoms with Crippen LogP contribution in [0, 0.1) is 11.3 Å². The Morgan fingerprint density at radius 3 is 2.56 bits per heavy atom. The van der Waals surface area contributed by atoms with Gasteiger partial charge in [-0.05, 0) is 41.5 Å². The molecule has 0 spiro atoms. The summed E-state index contributed by atoms with van der Waals surface area (Å²) in [7, 11) is 0. The summed E-state index contributed by atoms with van der Waals surface area (Å²) in [5.74, 6) is 1.08. The van der Waals surface area contributed by atoms with Gasteiger partial charge in [0.05, 0.1) is 0 Å². The molecule has 2 N–H and O–H groups in total. The summed E-state index contributed by atoms with van der Waals surface area (Å²) in [5.41, 5.74) is 1.91. The number of hydrogen-bond acceptors (Lipinski definition) is 7. The van der Waals surface area contributed by atoms with Gasteiger partial charge >= 0.3 is 0 Å². The van der Waals surface area contributed by atoms with Crippen molar-refractivity contribution in [2.75, 3.05) is 12.1 Å². The van der Waals surface area contributed by atoms with Crippen LogP contribution in [-0.2, 0) is 16.0 Å². The van der Waals surface area contributed by atoms with E-state index >= 15 is 0 Å². The number of nitrogens with one attached hydrogen (secondary N) is 2. The summed E-state index contributed by atoms with van der Waals surface area (Å²) >= 11 is 1.26. The van der Waals surface area contributed by atoms with Crippen molar-refractivity contribution in [3.8, 4) is 22.1 Å². The third-order valence-corrected chi connectivity index (χ3v) is 6.59. The van der Waals surface area contributed by atoms with Crippen molar-refractivity contribution in [3.63, 3.8) is 0 Å². The third-order valence-electron chi connectivity index (χ3n) is 5.70. The lowest BCUT2D eigenvalue weighted by Gasteiger charge is -2.24. The Morgan fingerprint density at radius 2 is 1.81 bits per heavy atom. The summed E-state index contributed by atoms with van der Waals surface area (Å²) in [6, 6.07) is 14.4. The number of rotatable bonds is 9. The minimum atomic E-state index is -0.736. The lowest BCUT2D eigenvalue weighted by Crippen LogP contribution is -2.45. The van der Waals surface area contributed by atoms with E-state index in [-0.39, 0.29) is 29.9 Å². The number of ether oxygens (including phenoxy) is 2. The molecule has 2 amide bonds. The number of benzene rings is 2. The minimum absolute atomic E-state index is 0.133. The SMILES string of the molecule is CC(CC(=O)NC(Cc1ccccc1)C(=O)Nc1nnc(-c2ccc3c(c2)OCO3)s1)CC(C)(C)C. The molecule has 0 fully saturated rings. The molecule has 1 aliphatic rings. The predicted octanol–water partition coefficient (Wildman–Crippen LogP) is 5.06. The van der Waals surface area contributed by atoms with Crippen molar-refractivity contribution in [3.05, 3.63) is 54.1 Å². The summed E-state index contributed by atoms with van der Waals surface area (Å²) < 4.78 is 10.8. The second-order valence-electron chi connectivity index (χ2n) is 10.4. The number of anilines is 1. The number of carbonyl (C=O) groups is 2. The van der Waals surface area contributed by atoms with Crippen LogP contribution in [-0.4, -0.2) is 34.8 Å². The van der Waals surface area contributed by atoms with E-state index in [4.69, 9.17) is 9.47 Å². The zero-order chi connectivity index (χ0) is 25.7. The van der Waals surface area contributed by atoms with E-state index < -0.39 is 6.04 Å². The van der Waals surface area contributed by atoms with Crippen LogP contribution >= 0.6 is 11.3 Å². The molecule has 190 valence electrons. The zero-order valence-electron chi connectivity index (χ0n) is 21.0. The first kappa shape index (κ1) is 25.6. The molecule has 4 rings (SSSR count). The highest BCUT2D eigenvalue weighted by molar-refractivity contribution is 7.18. The van der Waals surface area contributed by atoms with Gasteiger partial charge in [-0.1, -0.05) is 69.4 Å². The molecule has 2 aromatic carbocycles. The van der Waals surface area contributed by atoms with Crippen LogP contribution in [0.3, 0.4) is 0 Å². The second kappa shape index (κ2) is 11.1. The van der Waals surface area contributed by atoms with Gasteiger partial charge in [0.15, 0.2) is 11.5 Å². The van der Waals surface area contributed by atoms with Gasteiger partial charge < -0.3 is 14.8 Å². The molecule has 0 saturated carbocycles. The molecule has 1 aromatic heterocycles. The maximum Gasteiger partial charge on any atom is 0.249 e. The van der Waals surface area contributed by atoms with Crippen LogP contribution in [0.25, 0.3) is 10.6 Å². The molecule has 2 unspecified atom stereocenters. The fourth-order valence-corrected chi connectivity index (χ4v) is 5.10.